The van der Waals surface area contributed by atoms with Crippen LogP contribution in [0.4, 0.5) is 0 Å². The Morgan fingerprint density at radius 2 is 1.67 bits per heavy atom. The molecule has 30 heavy (non-hydrogen) atoms. The molecule has 3 aromatic rings. The maximum Gasteiger partial charge on any atom is 0.254 e. The molecule has 0 atom stereocenters. The third-order valence-electron chi connectivity index (χ3n) is 5.02. The monoisotopic (exact) mass is 407 g/mol. The molecule has 0 fully saturated rings. The molecule has 0 aliphatic rings. The number of carbonyl (C=O) groups excluding carboxylic acids is 2. The first-order valence-electron chi connectivity index (χ1n) is 10.4. The van der Waals surface area contributed by atoms with Crippen LogP contribution < -0.4 is 0 Å². The Balaban J connectivity index is 1.87. The van der Waals surface area contributed by atoms with E-state index < -0.39 is 0 Å². The molecule has 0 saturated carbocycles. The Hall–Kier alpha value is -3.22. The van der Waals surface area contributed by atoms with Crippen molar-refractivity contribution in [1.82, 2.24) is 24.3 Å². The van der Waals surface area contributed by atoms with Crippen LogP contribution in [-0.4, -0.2) is 56.3 Å². The molecule has 0 radical (unpaired) electrons. The van der Waals surface area contributed by atoms with Gasteiger partial charge in [-0.25, -0.2) is 4.98 Å². The minimum absolute atomic E-state index is 0.0752. The number of para-hydroxylation sites is 2. The van der Waals surface area contributed by atoms with E-state index in [1.54, 1.807) is 36.5 Å². The van der Waals surface area contributed by atoms with Crippen molar-refractivity contribution >= 4 is 22.8 Å². The lowest BCUT2D eigenvalue weighted by molar-refractivity contribution is -0.131. The lowest BCUT2D eigenvalue weighted by Gasteiger charge is -2.23. The fraction of sp³-hybridized carbons (Fsp3) is 0.391. The van der Waals surface area contributed by atoms with Crippen molar-refractivity contribution < 1.29 is 9.59 Å². The molecule has 2 heterocycles. The van der Waals surface area contributed by atoms with E-state index in [-0.39, 0.29) is 18.4 Å². The van der Waals surface area contributed by atoms with E-state index in [9.17, 15) is 9.59 Å². The maximum atomic E-state index is 13.0. The Morgan fingerprint density at radius 3 is 2.33 bits per heavy atom. The van der Waals surface area contributed by atoms with Crippen molar-refractivity contribution in [2.45, 2.75) is 39.8 Å². The third kappa shape index (κ3) is 4.84. The van der Waals surface area contributed by atoms with Gasteiger partial charge in [-0.1, -0.05) is 26.0 Å². The average molecular weight is 408 g/mol. The molecule has 158 valence electrons. The molecular weight excluding hydrogens is 378 g/mol. The fourth-order valence-corrected chi connectivity index (χ4v) is 3.56. The molecule has 0 aliphatic heterocycles. The maximum absolute atomic E-state index is 13.0. The van der Waals surface area contributed by atoms with Gasteiger partial charge in [0, 0.05) is 38.1 Å². The molecule has 2 amide bonds. The van der Waals surface area contributed by atoms with Gasteiger partial charge in [0.2, 0.25) is 5.91 Å². The van der Waals surface area contributed by atoms with Crippen LogP contribution in [0.3, 0.4) is 0 Å². The van der Waals surface area contributed by atoms with E-state index in [0.717, 1.165) is 37.0 Å². The van der Waals surface area contributed by atoms with Gasteiger partial charge in [-0.05, 0) is 37.1 Å². The van der Waals surface area contributed by atoms with Crippen LogP contribution in [0.15, 0.2) is 48.8 Å². The van der Waals surface area contributed by atoms with Crippen LogP contribution in [-0.2, 0) is 17.9 Å². The van der Waals surface area contributed by atoms with Gasteiger partial charge in [-0.3, -0.25) is 14.6 Å². The Labute approximate surface area is 177 Å². The second kappa shape index (κ2) is 10.0. The van der Waals surface area contributed by atoms with Crippen molar-refractivity contribution in [1.29, 1.82) is 0 Å². The summed E-state index contributed by atoms with van der Waals surface area (Å²) in [6, 6.07) is 11.2. The summed E-state index contributed by atoms with van der Waals surface area (Å²) in [5, 5.41) is 0. The zero-order chi connectivity index (χ0) is 21.5. The van der Waals surface area contributed by atoms with Crippen molar-refractivity contribution in [2.75, 3.05) is 20.1 Å². The number of nitrogens with zero attached hydrogens (tertiary/aromatic N) is 5. The number of hydrogen-bond donors (Lipinski definition) is 0. The van der Waals surface area contributed by atoms with Crippen LogP contribution in [0.1, 0.15) is 42.9 Å². The molecule has 2 aromatic heterocycles. The SMILES string of the molecule is CCCN(CCC)C(=O)Cn1c(CN(C)C(=O)c2ccncc2)nc2ccccc21. The van der Waals surface area contributed by atoms with Crippen LogP contribution in [0.2, 0.25) is 0 Å². The standard InChI is InChI=1S/C23H29N5O2/c1-4-14-27(15-5-2)22(29)17-28-20-9-7-6-8-19(20)25-21(28)16-26(3)23(30)18-10-12-24-13-11-18/h6-13H,4-5,14-17H2,1-3H3. The fourth-order valence-electron chi connectivity index (χ4n) is 3.56. The molecule has 0 bridgehead atoms. The van der Waals surface area contributed by atoms with Crippen LogP contribution in [0, 0.1) is 0 Å². The highest BCUT2D eigenvalue weighted by Crippen LogP contribution is 2.18. The second-order valence-electron chi connectivity index (χ2n) is 7.38. The van der Waals surface area contributed by atoms with E-state index in [1.165, 1.54) is 0 Å². The van der Waals surface area contributed by atoms with E-state index in [4.69, 9.17) is 4.98 Å². The lowest BCUT2D eigenvalue weighted by atomic mass is 10.2. The molecule has 7 nitrogen and oxygen atoms in total. The van der Waals surface area contributed by atoms with E-state index in [1.807, 2.05) is 33.7 Å². The first-order chi connectivity index (χ1) is 14.5. The number of hydrogen-bond acceptors (Lipinski definition) is 4. The van der Waals surface area contributed by atoms with Crippen molar-refractivity contribution in [3.05, 3.63) is 60.2 Å². The van der Waals surface area contributed by atoms with Crippen molar-refractivity contribution in [2.24, 2.45) is 0 Å². The summed E-state index contributed by atoms with van der Waals surface area (Å²) in [5.41, 5.74) is 2.30. The van der Waals surface area contributed by atoms with E-state index in [2.05, 4.69) is 18.8 Å². The second-order valence-corrected chi connectivity index (χ2v) is 7.38. The first kappa shape index (κ1) is 21.5. The minimum Gasteiger partial charge on any atom is -0.341 e. The summed E-state index contributed by atoms with van der Waals surface area (Å²) in [6.07, 6.45) is 5.05. The molecule has 1 aromatic carbocycles. The Morgan fingerprint density at radius 1 is 1.00 bits per heavy atom. The number of fused-ring (bicyclic) bond motifs is 1. The largest absolute Gasteiger partial charge is 0.341 e. The number of imidazole rings is 1. The molecule has 3 rings (SSSR count). The van der Waals surface area contributed by atoms with Crippen molar-refractivity contribution in [3.63, 3.8) is 0 Å². The van der Waals surface area contributed by atoms with Gasteiger partial charge in [0.15, 0.2) is 0 Å². The van der Waals surface area contributed by atoms with E-state index in [0.29, 0.717) is 17.9 Å². The first-order valence-corrected chi connectivity index (χ1v) is 10.4. The van der Waals surface area contributed by atoms with Gasteiger partial charge in [-0.15, -0.1) is 0 Å². The van der Waals surface area contributed by atoms with Gasteiger partial charge in [-0.2, -0.15) is 0 Å². The van der Waals surface area contributed by atoms with Gasteiger partial charge in [0.05, 0.1) is 17.6 Å². The number of rotatable bonds is 9. The predicted octanol–water partition coefficient (Wildman–Crippen LogP) is 3.35. The van der Waals surface area contributed by atoms with Crippen LogP contribution in [0.25, 0.3) is 11.0 Å². The smallest absolute Gasteiger partial charge is 0.254 e. The van der Waals surface area contributed by atoms with Gasteiger partial charge >= 0.3 is 0 Å². The number of pyridine rings is 1. The van der Waals surface area contributed by atoms with Gasteiger partial charge in [0.25, 0.3) is 5.91 Å². The highest BCUT2D eigenvalue weighted by Gasteiger charge is 2.20. The number of carbonyl (C=O) groups is 2. The number of amides is 2. The predicted molar refractivity (Wildman–Crippen MR) is 117 cm³/mol. The Bertz CT molecular complexity index is 993. The molecule has 0 N–H and O–H groups in total. The third-order valence-corrected chi connectivity index (χ3v) is 5.02. The molecule has 7 heteroatoms. The molecule has 0 saturated heterocycles. The summed E-state index contributed by atoms with van der Waals surface area (Å²) in [6.45, 7) is 6.17. The summed E-state index contributed by atoms with van der Waals surface area (Å²) < 4.78 is 1.94. The molecular formula is C23H29N5O2. The molecule has 0 spiro atoms. The van der Waals surface area contributed by atoms with Crippen molar-refractivity contribution in [3.8, 4) is 0 Å². The molecule has 0 unspecified atom stereocenters. The average Bonchev–Trinajstić information content (AvgIpc) is 3.10. The number of aromatic nitrogens is 3. The summed E-state index contributed by atoms with van der Waals surface area (Å²) in [5.74, 6) is 0.662. The topological polar surface area (TPSA) is 71.3 Å². The number of benzene rings is 1. The highest BCUT2D eigenvalue weighted by molar-refractivity contribution is 5.93. The summed E-state index contributed by atoms with van der Waals surface area (Å²) in [4.78, 5) is 38.0. The van der Waals surface area contributed by atoms with E-state index >= 15 is 0 Å². The summed E-state index contributed by atoms with van der Waals surface area (Å²) >= 11 is 0. The summed E-state index contributed by atoms with van der Waals surface area (Å²) in [7, 11) is 1.74. The minimum atomic E-state index is -0.110. The van der Waals surface area contributed by atoms with Gasteiger partial charge in [0.1, 0.15) is 12.4 Å². The zero-order valence-electron chi connectivity index (χ0n) is 17.9. The van der Waals surface area contributed by atoms with Crippen LogP contribution >= 0.6 is 0 Å². The highest BCUT2D eigenvalue weighted by atomic mass is 16.2. The molecule has 0 aliphatic carbocycles. The zero-order valence-corrected chi connectivity index (χ0v) is 17.9. The normalized spacial score (nSPS) is 10.9. The van der Waals surface area contributed by atoms with Crippen LogP contribution in [0.5, 0.6) is 0 Å². The quantitative estimate of drug-likeness (QED) is 0.545. The lowest BCUT2D eigenvalue weighted by Crippen LogP contribution is -2.36. The van der Waals surface area contributed by atoms with Gasteiger partial charge < -0.3 is 14.4 Å². The Kier molecular flexibility index (Phi) is 7.17.